The second-order valence-corrected chi connectivity index (χ2v) is 0.692. The Labute approximate surface area is 48.6 Å². The molecule has 0 aliphatic carbocycles. The van der Waals surface area contributed by atoms with Gasteiger partial charge in [0.1, 0.15) is 0 Å². The molecule has 0 fully saturated rings. The molecule has 0 heterocycles. The number of rotatable bonds is 0. The maximum atomic E-state index is 8.67. The Morgan fingerprint density at radius 1 is 1.00 bits per heavy atom. The van der Waals surface area contributed by atoms with Crippen molar-refractivity contribution in [3.63, 3.8) is 0 Å². The van der Waals surface area contributed by atoms with Crippen molar-refractivity contribution in [3.05, 3.63) is 0 Å². The molecule has 0 aromatic carbocycles. The molecule has 0 aromatic rings. The van der Waals surface area contributed by atoms with E-state index < -0.39 is 11.4 Å². The third-order valence-electron chi connectivity index (χ3n) is 0. The standard InChI is InChI=1S/2H3N.H2O3S.H2O2/c;;1-4(2)3;1-2/h2*1H3;(H2,1,2,3);1-2H. The summed E-state index contributed by atoms with van der Waals surface area (Å²) in [6, 6.07) is 0. The van der Waals surface area contributed by atoms with Crippen LogP contribution in [0.2, 0.25) is 0 Å². The first kappa shape index (κ1) is 24.7. The molecule has 0 bridgehead atoms. The lowest BCUT2D eigenvalue weighted by Gasteiger charge is -1.59. The van der Waals surface area contributed by atoms with E-state index in [4.69, 9.17) is 23.8 Å². The number of hydrogen-bond acceptors (Lipinski definition) is 5. The van der Waals surface area contributed by atoms with E-state index in [9.17, 15) is 0 Å². The molecule has 0 amide bonds. The normalized spacial score (nSPS) is 5.12. The molecule has 0 aliphatic heterocycles. The van der Waals surface area contributed by atoms with Crippen LogP contribution in [0.3, 0.4) is 0 Å². The van der Waals surface area contributed by atoms with Gasteiger partial charge in [-0.25, -0.2) is 0 Å². The van der Waals surface area contributed by atoms with Crippen LogP contribution in [0.4, 0.5) is 0 Å². The van der Waals surface area contributed by atoms with Gasteiger partial charge in [0.15, 0.2) is 0 Å². The van der Waals surface area contributed by atoms with Gasteiger partial charge < -0.3 is 12.3 Å². The molecule has 56 valence electrons. The largest absolute Gasteiger partial charge is 0.344 e. The summed E-state index contributed by atoms with van der Waals surface area (Å²) in [5, 5.41) is 12.0. The van der Waals surface area contributed by atoms with Gasteiger partial charge in [-0.2, -0.15) is 4.21 Å². The minimum absolute atomic E-state index is 0. The molecule has 8 heteroatoms. The van der Waals surface area contributed by atoms with Crippen molar-refractivity contribution < 1.29 is 23.8 Å². The fourth-order valence-electron chi connectivity index (χ4n) is 0. The minimum Gasteiger partial charge on any atom is -0.344 e. The third kappa shape index (κ3) is 17600. The molecule has 7 nitrogen and oxygen atoms in total. The topological polar surface area (TPSA) is 168 Å². The van der Waals surface area contributed by atoms with Gasteiger partial charge in [0.25, 0.3) is 11.4 Å². The summed E-state index contributed by atoms with van der Waals surface area (Å²) in [7, 11) is 0. The second kappa shape index (κ2) is 28.5. The Morgan fingerprint density at radius 2 is 1.00 bits per heavy atom. The van der Waals surface area contributed by atoms with Gasteiger partial charge >= 0.3 is 0 Å². The highest BCUT2D eigenvalue weighted by atomic mass is 32.2. The summed E-state index contributed by atoms with van der Waals surface area (Å²) in [5.74, 6) is 0. The van der Waals surface area contributed by atoms with Crippen LogP contribution >= 0.6 is 0 Å². The fraction of sp³-hybridized carbons (Fsp3) is 0. The van der Waals surface area contributed by atoms with E-state index in [1.54, 1.807) is 0 Å². The first-order chi connectivity index (χ1) is 2.73. The third-order valence-corrected chi connectivity index (χ3v) is 0. The van der Waals surface area contributed by atoms with Crippen LogP contribution in [0, 0.1) is 0 Å². The summed E-state index contributed by atoms with van der Waals surface area (Å²) in [5.41, 5.74) is 0. The SMILES string of the molecule is N.N.O=S(O)O.OO. The van der Waals surface area contributed by atoms with Gasteiger partial charge in [-0.05, 0) is 0 Å². The Balaban J connectivity index is -0.0000000183. The van der Waals surface area contributed by atoms with Crippen LogP contribution in [0.1, 0.15) is 0 Å². The summed E-state index contributed by atoms with van der Waals surface area (Å²) in [6.45, 7) is 0. The maximum Gasteiger partial charge on any atom is 0.299 e. The van der Waals surface area contributed by atoms with Crippen LogP contribution in [0.25, 0.3) is 0 Å². The van der Waals surface area contributed by atoms with Crippen molar-refractivity contribution in [1.82, 2.24) is 12.3 Å². The lowest BCUT2D eigenvalue weighted by Crippen LogP contribution is -1.74. The van der Waals surface area contributed by atoms with Gasteiger partial charge in [-0.15, -0.1) is 0 Å². The first-order valence-electron chi connectivity index (χ1n) is 0.732. The predicted molar refractivity (Wildman–Crippen MR) is 28.7 cm³/mol. The fourth-order valence-corrected chi connectivity index (χ4v) is 0. The molecule has 0 radical (unpaired) electrons. The minimum atomic E-state index is -2.61. The van der Waals surface area contributed by atoms with E-state index in [0.717, 1.165) is 0 Å². The first-order valence-corrected chi connectivity index (χ1v) is 1.80. The van der Waals surface area contributed by atoms with Crippen LogP contribution < -0.4 is 12.3 Å². The molecule has 0 aliphatic rings. The van der Waals surface area contributed by atoms with E-state index >= 15 is 0 Å². The molecule has 0 rings (SSSR count). The van der Waals surface area contributed by atoms with Gasteiger partial charge in [0.2, 0.25) is 0 Å². The van der Waals surface area contributed by atoms with Crippen LogP contribution in [-0.4, -0.2) is 23.8 Å². The lowest BCUT2D eigenvalue weighted by atomic mass is 14.0. The molecule has 0 saturated carbocycles. The van der Waals surface area contributed by atoms with Gasteiger partial charge in [0, 0.05) is 0 Å². The Hall–Kier alpha value is -0.0900. The summed E-state index contributed by atoms with van der Waals surface area (Å²) in [6.07, 6.45) is 0. The molecule has 0 saturated heterocycles. The zero-order chi connectivity index (χ0) is 5.58. The summed E-state index contributed by atoms with van der Waals surface area (Å²) >= 11 is -2.61. The Kier molecular flexibility index (Phi) is 88.0. The molecule has 0 spiro atoms. The molecular weight excluding hydrogens is 140 g/mol. The lowest BCUT2D eigenvalue weighted by molar-refractivity contribution is -0.176. The smallest absolute Gasteiger partial charge is 0.299 e. The van der Waals surface area contributed by atoms with Crippen molar-refractivity contribution >= 4 is 11.4 Å². The van der Waals surface area contributed by atoms with Crippen molar-refractivity contribution in [2.24, 2.45) is 0 Å². The maximum absolute atomic E-state index is 8.67. The Bertz CT molecular complexity index is 33.4. The second-order valence-electron chi connectivity index (χ2n) is 0.231. The van der Waals surface area contributed by atoms with E-state index in [1.807, 2.05) is 0 Å². The zero-order valence-electron chi connectivity index (χ0n) is 4.02. The van der Waals surface area contributed by atoms with E-state index in [-0.39, 0.29) is 12.3 Å². The van der Waals surface area contributed by atoms with Crippen molar-refractivity contribution in [2.75, 3.05) is 0 Å². The van der Waals surface area contributed by atoms with Crippen molar-refractivity contribution in [3.8, 4) is 0 Å². The van der Waals surface area contributed by atoms with E-state index in [2.05, 4.69) is 0 Å². The van der Waals surface area contributed by atoms with Gasteiger partial charge in [-0.1, -0.05) is 0 Å². The molecule has 10 N–H and O–H groups in total. The average Bonchev–Trinajstić information content (AvgIpc) is 1.41. The van der Waals surface area contributed by atoms with E-state index in [0.29, 0.717) is 0 Å². The molecular formula is H10N2O5S. The molecule has 0 aromatic heterocycles. The predicted octanol–water partition coefficient (Wildman–Crippen LogP) is 0.0225. The molecule has 0 atom stereocenters. The van der Waals surface area contributed by atoms with Crippen molar-refractivity contribution in [1.29, 1.82) is 0 Å². The quantitative estimate of drug-likeness (QED) is 0.160. The summed E-state index contributed by atoms with van der Waals surface area (Å²) < 4.78 is 22.8. The zero-order valence-corrected chi connectivity index (χ0v) is 4.84. The molecule has 0 unspecified atom stereocenters. The van der Waals surface area contributed by atoms with Crippen LogP contribution in [0.15, 0.2) is 0 Å². The van der Waals surface area contributed by atoms with Crippen LogP contribution in [-0.2, 0) is 11.4 Å². The van der Waals surface area contributed by atoms with Crippen LogP contribution in [0.5, 0.6) is 0 Å². The highest BCUT2D eigenvalue weighted by Crippen LogP contribution is 1.44. The van der Waals surface area contributed by atoms with Crippen molar-refractivity contribution in [2.45, 2.75) is 0 Å². The number of hydrogen-bond donors (Lipinski definition) is 6. The van der Waals surface area contributed by atoms with Gasteiger partial charge in [0.05, 0.1) is 0 Å². The Morgan fingerprint density at radius 3 is 1.00 bits per heavy atom. The van der Waals surface area contributed by atoms with Gasteiger partial charge in [-0.3, -0.25) is 19.6 Å². The molecule has 8 heavy (non-hydrogen) atoms. The highest BCUT2D eigenvalue weighted by Gasteiger charge is 1.62. The van der Waals surface area contributed by atoms with E-state index in [1.165, 1.54) is 0 Å². The highest BCUT2D eigenvalue weighted by molar-refractivity contribution is 7.73. The average molecular weight is 150 g/mol. The summed E-state index contributed by atoms with van der Waals surface area (Å²) in [4.78, 5) is 0. The monoisotopic (exact) mass is 150 g/mol.